The molecule has 4 N–H and O–H groups in total. The topological polar surface area (TPSA) is 84.6 Å². The van der Waals surface area contributed by atoms with E-state index in [4.69, 9.17) is 5.84 Å². The third-order valence-electron chi connectivity index (χ3n) is 3.11. The Morgan fingerprint density at radius 1 is 1.10 bits per heavy atom. The summed E-state index contributed by atoms with van der Waals surface area (Å²) in [5, 5.41) is 10.5. The molecule has 0 radical (unpaired) electrons. The van der Waals surface area contributed by atoms with Crippen molar-refractivity contribution >= 4 is 5.97 Å². The number of phenols is 1. The highest BCUT2D eigenvalue weighted by atomic mass is 16.7. The summed E-state index contributed by atoms with van der Waals surface area (Å²) < 4.78 is 0. The van der Waals surface area contributed by atoms with Crippen LogP contribution < -0.4 is 11.4 Å². The number of hydrogen-bond acceptors (Lipinski definition) is 5. The van der Waals surface area contributed by atoms with E-state index in [1.165, 1.54) is 0 Å². The van der Waals surface area contributed by atoms with Gasteiger partial charge in [-0.15, -0.1) is 0 Å². The Labute approximate surface area is 120 Å². The number of benzene rings is 1. The molecule has 0 aliphatic carbocycles. The Morgan fingerprint density at radius 2 is 1.50 bits per heavy atom. The number of carbonyl (C=O) groups is 1. The average Bonchev–Trinajstić information content (AvgIpc) is 2.26. The van der Waals surface area contributed by atoms with E-state index in [1.54, 1.807) is 12.1 Å². The van der Waals surface area contributed by atoms with E-state index in [1.807, 2.05) is 47.1 Å². The second-order valence-corrected chi connectivity index (χ2v) is 6.93. The maximum Gasteiger partial charge on any atom is 0.358 e. The van der Waals surface area contributed by atoms with Crippen molar-refractivity contribution in [3.8, 4) is 5.75 Å². The minimum absolute atomic E-state index is 0.224. The van der Waals surface area contributed by atoms with E-state index in [9.17, 15) is 9.90 Å². The number of aromatic hydroxyl groups is 1. The number of phenolic OH excluding ortho intramolecular Hbond substituents is 1. The lowest BCUT2D eigenvalue weighted by atomic mass is 9.78. The predicted molar refractivity (Wildman–Crippen MR) is 78.2 cm³/mol. The van der Waals surface area contributed by atoms with Gasteiger partial charge in [-0.25, -0.2) is 10.6 Å². The van der Waals surface area contributed by atoms with Gasteiger partial charge < -0.3 is 9.94 Å². The van der Waals surface area contributed by atoms with Crippen molar-refractivity contribution in [2.45, 2.75) is 52.4 Å². The van der Waals surface area contributed by atoms with Crippen LogP contribution in [0.15, 0.2) is 12.1 Å². The van der Waals surface area contributed by atoms with Crippen LogP contribution in [0.25, 0.3) is 0 Å². The molecule has 0 amide bonds. The van der Waals surface area contributed by atoms with Crippen LogP contribution in [0.3, 0.4) is 0 Å². The number of hydrogen-bond donors (Lipinski definition) is 3. The monoisotopic (exact) mass is 280 g/mol. The second kappa shape index (κ2) is 5.42. The molecule has 0 aliphatic heterocycles. The van der Waals surface area contributed by atoms with E-state index in [0.717, 1.165) is 0 Å². The van der Waals surface area contributed by atoms with E-state index < -0.39 is 5.97 Å². The Balaban J connectivity index is 3.55. The lowest BCUT2D eigenvalue weighted by molar-refractivity contribution is 0.0254. The molecule has 1 aromatic carbocycles. The molecule has 0 atom stereocenters. The fraction of sp³-hybridized carbons (Fsp3) is 0.533. The van der Waals surface area contributed by atoms with Crippen LogP contribution in [0, 0.1) is 0 Å². The molecule has 112 valence electrons. The zero-order chi connectivity index (χ0) is 15.7. The minimum atomic E-state index is -0.580. The predicted octanol–water partition coefficient (Wildman–Crippen LogP) is 2.52. The average molecular weight is 280 g/mol. The summed E-state index contributed by atoms with van der Waals surface area (Å²) in [7, 11) is 0. The molecule has 0 saturated carbocycles. The quantitative estimate of drug-likeness (QED) is 0.572. The van der Waals surface area contributed by atoms with Crippen molar-refractivity contribution in [1.29, 1.82) is 0 Å². The summed E-state index contributed by atoms with van der Waals surface area (Å²) in [4.78, 5) is 16.5. The van der Waals surface area contributed by atoms with Gasteiger partial charge in [-0.2, -0.15) is 0 Å². The first-order valence-electron chi connectivity index (χ1n) is 6.53. The number of hydrazine groups is 1. The molecular formula is C15H24N2O3. The molecule has 0 spiro atoms. The lowest BCUT2D eigenvalue weighted by Gasteiger charge is -2.27. The molecule has 1 aromatic rings. The van der Waals surface area contributed by atoms with Gasteiger partial charge in [0.05, 0.1) is 5.56 Å². The number of nitrogens with two attached hydrogens (primary N) is 1. The molecule has 0 bridgehead atoms. The van der Waals surface area contributed by atoms with Gasteiger partial charge in [-0.3, -0.25) is 0 Å². The van der Waals surface area contributed by atoms with Crippen molar-refractivity contribution in [1.82, 2.24) is 5.59 Å². The van der Waals surface area contributed by atoms with Gasteiger partial charge in [0.2, 0.25) is 0 Å². The van der Waals surface area contributed by atoms with Crippen LogP contribution in [-0.4, -0.2) is 11.1 Å². The van der Waals surface area contributed by atoms with Gasteiger partial charge in [0.25, 0.3) is 0 Å². The van der Waals surface area contributed by atoms with Crippen molar-refractivity contribution in [3.05, 3.63) is 28.8 Å². The Hall–Kier alpha value is -1.59. The van der Waals surface area contributed by atoms with Crippen molar-refractivity contribution in [2.75, 3.05) is 0 Å². The highest BCUT2D eigenvalue weighted by molar-refractivity contribution is 5.90. The summed E-state index contributed by atoms with van der Waals surface area (Å²) >= 11 is 0. The van der Waals surface area contributed by atoms with E-state index in [0.29, 0.717) is 16.7 Å². The van der Waals surface area contributed by atoms with Crippen LogP contribution in [0.5, 0.6) is 5.75 Å². The Morgan fingerprint density at radius 3 is 1.80 bits per heavy atom. The third kappa shape index (κ3) is 3.49. The molecular weight excluding hydrogens is 256 g/mol. The Kier molecular flexibility index (Phi) is 4.46. The zero-order valence-electron chi connectivity index (χ0n) is 13.0. The fourth-order valence-corrected chi connectivity index (χ4v) is 2.01. The second-order valence-electron chi connectivity index (χ2n) is 6.93. The van der Waals surface area contributed by atoms with Gasteiger partial charge in [-0.1, -0.05) is 47.1 Å². The first-order chi connectivity index (χ1) is 8.98. The van der Waals surface area contributed by atoms with Gasteiger partial charge >= 0.3 is 5.97 Å². The molecule has 5 nitrogen and oxygen atoms in total. The summed E-state index contributed by atoms with van der Waals surface area (Å²) in [5.41, 5.74) is 3.06. The first-order valence-corrected chi connectivity index (χ1v) is 6.53. The normalized spacial score (nSPS) is 12.3. The SMILES string of the molecule is CC(C)(C)c1cc(C(=O)ONN)cc(C(C)(C)C)c1O. The third-order valence-corrected chi connectivity index (χ3v) is 3.11. The van der Waals surface area contributed by atoms with Gasteiger partial charge in [0.1, 0.15) is 5.75 Å². The van der Waals surface area contributed by atoms with E-state index in [-0.39, 0.29) is 16.6 Å². The fourth-order valence-electron chi connectivity index (χ4n) is 2.01. The van der Waals surface area contributed by atoms with E-state index >= 15 is 0 Å². The zero-order valence-corrected chi connectivity index (χ0v) is 13.0. The molecule has 0 saturated heterocycles. The maximum absolute atomic E-state index is 11.9. The van der Waals surface area contributed by atoms with E-state index in [2.05, 4.69) is 4.84 Å². The first kappa shape index (κ1) is 16.5. The van der Waals surface area contributed by atoms with Crippen LogP contribution in [-0.2, 0) is 15.7 Å². The lowest BCUT2D eigenvalue weighted by Crippen LogP contribution is -2.27. The van der Waals surface area contributed by atoms with Crippen LogP contribution in [0.2, 0.25) is 0 Å². The molecule has 0 heterocycles. The molecule has 5 heteroatoms. The number of carbonyl (C=O) groups excluding carboxylic acids is 1. The molecule has 0 aromatic heterocycles. The summed E-state index contributed by atoms with van der Waals surface area (Å²) in [6.45, 7) is 11.9. The number of rotatable bonds is 2. The summed E-state index contributed by atoms with van der Waals surface area (Å²) in [6.07, 6.45) is 0. The smallest absolute Gasteiger partial charge is 0.358 e. The Bertz CT molecular complexity index is 476. The van der Waals surface area contributed by atoms with Crippen molar-refractivity contribution in [2.24, 2.45) is 5.84 Å². The van der Waals surface area contributed by atoms with Crippen molar-refractivity contribution in [3.63, 3.8) is 0 Å². The number of nitrogens with one attached hydrogen (secondary N) is 1. The standard InChI is InChI=1S/C15H24N2O3/c1-14(2,3)10-7-9(13(19)20-17-16)8-11(12(10)18)15(4,5)6/h7-8,17-18H,16H2,1-6H3. The molecule has 0 aliphatic rings. The van der Waals surface area contributed by atoms with Crippen LogP contribution in [0.4, 0.5) is 0 Å². The van der Waals surface area contributed by atoms with Crippen LogP contribution in [0.1, 0.15) is 63.0 Å². The molecule has 0 unspecified atom stereocenters. The van der Waals surface area contributed by atoms with Gasteiger partial charge in [0, 0.05) is 11.1 Å². The van der Waals surface area contributed by atoms with Crippen molar-refractivity contribution < 1.29 is 14.7 Å². The largest absolute Gasteiger partial charge is 0.507 e. The molecule has 0 fully saturated rings. The highest BCUT2D eigenvalue weighted by Gasteiger charge is 2.28. The summed E-state index contributed by atoms with van der Waals surface area (Å²) in [6, 6.07) is 3.29. The molecule has 20 heavy (non-hydrogen) atoms. The highest BCUT2D eigenvalue weighted by Crippen LogP contribution is 2.39. The molecule has 1 rings (SSSR count). The summed E-state index contributed by atoms with van der Waals surface area (Å²) in [5.74, 6) is 4.65. The maximum atomic E-state index is 11.9. The van der Waals surface area contributed by atoms with Gasteiger partial charge in [0.15, 0.2) is 0 Å². The van der Waals surface area contributed by atoms with Crippen LogP contribution >= 0.6 is 0 Å². The van der Waals surface area contributed by atoms with Gasteiger partial charge in [-0.05, 0) is 23.0 Å². The minimum Gasteiger partial charge on any atom is -0.507 e.